The first-order valence-electron chi connectivity index (χ1n) is 5.64. The maximum atomic E-state index is 13.0. The topological polar surface area (TPSA) is 37.3 Å². The first-order valence-corrected chi connectivity index (χ1v) is 5.64. The van der Waals surface area contributed by atoms with Crippen molar-refractivity contribution in [2.24, 2.45) is 0 Å². The van der Waals surface area contributed by atoms with Gasteiger partial charge in [0.15, 0.2) is 0 Å². The summed E-state index contributed by atoms with van der Waals surface area (Å²) in [6, 6.07) is 0. The summed E-state index contributed by atoms with van der Waals surface area (Å²) in [7, 11) is 0. The van der Waals surface area contributed by atoms with Gasteiger partial charge in [-0.3, -0.25) is 0 Å². The van der Waals surface area contributed by atoms with Gasteiger partial charge in [0, 0.05) is 0 Å². The van der Waals surface area contributed by atoms with Crippen molar-refractivity contribution in [1.82, 2.24) is 0 Å². The Labute approximate surface area is 190 Å². The Morgan fingerprint density at radius 3 is 0.897 bits per heavy atom. The number of halogens is 17. The molecule has 0 aromatic carbocycles. The second-order valence-electron chi connectivity index (χ2n) is 4.82. The molecule has 0 aliphatic rings. The van der Waals surface area contributed by atoms with Gasteiger partial charge in [-0.15, -0.1) is 0 Å². The smallest absolute Gasteiger partial charge is 1.00 e. The third kappa shape index (κ3) is 3.95. The van der Waals surface area contributed by atoms with Crippen LogP contribution in [0.4, 0.5) is 74.6 Å². The first-order chi connectivity index (χ1) is 11.7. The molecule has 0 aliphatic carbocycles. The molecule has 0 atom stereocenters. The molecule has 29 heavy (non-hydrogen) atoms. The van der Waals surface area contributed by atoms with E-state index in [9.17, 15) is 79.4 Å². The molecule has 0 spiro atoms. The minimum Gasteiger partial charge on any atom is -1.00 e. The Kier molecular flexibility index (Phi) is 8.37. The van der Waals surface area contributed by atoms with Crippen molar-refractivity contribution in [2.45, 2.75) is 47.6 Å². The van der Waals surface area contributed by atoms with E-state index in [4.69, 9.17) is 5.11 Å². The summed E-state index contributed by atoms with van der Waals surface area (Å²) in [5.74, 6) is -62.9. The monoisotopic (exact) mass is 504 g/mol. The van der Waals surface area contributed by atoms with E-state index in [-0.39, 0.29) is 52.8 Å². The molecule has 0 aromatic heterocycles. The van der Waals surface area contributed by atoms with Crippen LogP contribution < -0.4 is 51.4 Å². The van der Waals surface area contributed by atoms with Crippen LogP contribution in [0.3, 0.4) is 0 Å². The summed E-state index contributed by atoms with van der Waals surface area (Å²) < 4.78 is 214. The van der Waals surface area contributed by atoms with Gasteiger partial charge < -0.3 is 6.53 Å². The molecule has 0 unspecified atom stereocenters. The van der Waals surface area contributed by atoms with Crippen LogP contribution in [-0.4, -0.2) is 58.7 Å². The van der Waals surface area contributed by atoms with Gasteiger partial charge in [-0.1, -0.05) is 0 Å². The zero-order chi connectivity index (χ0) is 23.6. The second kappa shape index (κ2) is 7.80. The second-order valence-corrected chi connectivity index (χ2v) is 4.82. The minimum atomic E-state index is -8.76. The third-order valence-electron chi connectivity index (χ3n) is 2.99. The molecule has 0 fully saturated rings. The van der Waals surface area contributed by atoms with Crippen molar-refractivity contribution in [2.75, 3.05) is 0 Å². The number of carboxylic acids is 1. The molecule has 0 radical (unpaired) electrons. The predicted octanol–water partition coefficient (Wildman–Crippen LogP) is 2.20. The molecule has 20 heteroatoms. The molecule has 0 saturated carbocycles. The summed E-state index contributed by atoms with van der Waals surface area (Å²) in [5.41, 5.74) is 0. The van der Waals surface area contributed by atoms with Crippen LogP contribution in [0.1, 0.15) is 1.43 Å². The van der Waals surface area contributed by atoms with Crippen molar-refractivity contribution in [3.8, 4) is 0 Å². The zero-order valence-corrected chi connectivity index (χ0v) is 15.9. The van der Waals surface area contributed by atoms with Gasteiger partial charge >= 0.3 is 105 Å². The number of hydrogen-bond donors (Lipinski definition) is 1. The average Bonchev–Trinajstić information content (AvgIpc) is 2.44. The van der Waals surface area contributed by atoms with Crippen LogP contribution in [0.25, 0.3) is 0 Å². The SMILES string of the molecule is O=C(O)C(F)(F)C(F)(F)C(F)(F)C(F)(F)C(F)(F)C(F)(F)C(F)(F)C(F)(F)F.[H-].[K+]. The molecule has 0 heterocycles. The summed E-state index contributed by atoms with van der Waals surface area (Å²) >= 11 is 0. The molecule has 0 aromatic rings. The maximum absolute atomic E-state index is 13.0. The Hall–Kier alpha value is -0.0836. The van der Waals surface area contributed by atoms with Crippen LogP contribution >= 0.6 is 0 Å². The van der Waals surface area contributed by atoms with Crippen LogP contribution in [0.5, 0.6) is 0 Å². The quantitative estimate of drug-likeness (QED) is 0.427. The van der Waals surface area contributed by atoms with Crippen LogP contribution in [0.15, 0.2) is 0 Å². The molecular formula is C9H2F17KO2. The van der Waals surface area contributed by atoms with Gasteiger partial charge in [0.25, 0.3) is 0 Å². The van der Waals surface area contributed by atoms with Crippen molar-refractivity contribution < 1.29 is 137 Å². The van der Waals surface area contributed by atoms with Crippen molar-refractivity contribution in [3.63, 3.8) is 0 Å². The van der Waals surface area contributed by atoms with Gasteiger partial charge in [0.1, 0.15) is 0 Å². The molecule has 0 rings (SSSR count). The zero-order valence-electron chi connectivity index (χ0n) is 13.8. The number of hydrogen-bond acceptors (Lipinski definition) is 1. The molecule has 0 aliphatic heterocycles. The van der Waals surface area contributed by atoms with E-state index in [1.165, 1.54) is 0 Å². The Morgan fingerprint density at radius 1 is 0.483 bits per heavy atom. The maximum Gasteiger partial charge on any atom is 1.00 e. The van der Waals surface area contributed by atoms with Gasteiger partial charge in [0.2, 0.25) is 0 Å². The number of aliphatic carboxylic acids is 1. The van der Waals surface area contributed by atoms with Crippen LogP contribution in [-0.2, 0) is 4.79 Å². The van der Waals surface area contributed by atoms with Crippen LogP contribution in [0.2, 0.25) is 0 Å². The van der Waals surface area contributed by atoms with E-state index < -0.39 is 53.6 Å². The predicted molar refractivity (Wildman–Crippen MR) is 49.4 cm³/mol. The fraction of sp³-hybridized carbons (Fsp3) is 0.889. The van der Waals surface area contributed by atoms with E-state index >= 15 is 0 Å². The fourth-order valence-corrected chi connectivity index (χ4v) is 1.30. The van der Waals surface area contributed by atoms with E-state index in [0.717, 1.165) is 0 Å². The van der Waals surface area contributed by atoms with Crippen LogP contribution in [0, 0.1) is 0 Å². The van der Waals surface area contributed by atoms with Gasteiger partial charge in [-0.25, -0.2) is 4.79 Å². The summed E-state index contributed by atoms with van der Waals surface area (Å²) in [6.07, 6.45) is -7.83. The standard InChI is InChI=1S/C9HF17O2.K.H/c10-2(11,1(27)28)3(12,13)4(14,15)5(16,17)6(18,19)7(20,21)8(22,23)9(24,25)26;;/h(H,27,28);;/q;+1;-1. The van der Waals surface area contributed by atoms with Gasteiger partial charge in [-0.05, 0) is 0 Å². The van der Waals surface area contributed by atoms with E-state index in [2.05, 4.69) is 0 Å². The summed E-state index contributed by atoms with van der Waals surface area (Å²) in [6.45, 7) is 0. The largest absolute Gasteiger partial charge is 1.00 e. The number of alkyl halides is 17. The minimum absolute atomic E-state index is 0. The van der Waals surface area contributed by atoms with E-state index in [0.29, 0.717) is 0 Å². The molecular weight excluding hydrogens is 502 g/mol. The van der Waals surface area contributed by atoms with E-state index in [1.54, 1.807) is 0 Å². The first kappa shape index (κ1) is 31.1. The summed E-state index contributed by atoms with van der Waals surface area (Å²) in [4.78, 5) is 9.77. The van der Waals surface area contributed by atoms with E-state index in [1.807, 2.05) is 0 Å². The molecule has 1 N–H and O–H groups in total. The van der Waals surface area contributed by atoms with Crippen molar-refractivity contribution in [3.05, 3.63) is 0 Å². The fourth-order valence-electron chi connectivity index (χ4n) is 1.30. The third-order valence-corrected chi connectivity index (χ3v) is 2.99. The Bertz CT molecular complexity index is 627. The molecule has 0 bridgehead atoms. The molecule has 0 amide bonds. The molecule has 0 saturated heterocycles. The molecule has 170 valence electrons. The van der Waals surface area contributed by atoms with Gasteiger partial charge in [0.05, 0.1) is 0 Å². The number of carbonyl (C=O) groups is 1. The van der Waals surface area contributed by atoms with Crippen molar-refractivity contribution in [1.29, 1.82) is 0 Å². The van der Waals surface area contributed by atoms with Gasteiger partial charge in [-0.2, -0.15) is 74.6 Å². The number of rotatable bonds is 7. The average molecular weight is 504 g/mol. The Morgan fingerprint density at radius 2 is 0.690 bits per heavy atom. The molecule has 2 nitrogen and oxygen atoms in total. The van der Waals surface area contributed by atoms with Crippen molar-refractivity contribution >= 4 is 5.97 Å². The normalized spacial score (nSPS) is 15.8. The number of carboxylic acid groups (broad SMARTS) is 1. The summed E-state index contributed by atoms with van der Waals surface area (Å²) in [5, 5.41) is 7.59. The Balaban J connectivity index is -0.00000364.